The predicted octanol–water partition coefficient (Wildman–Crippen LogP) is 4.90. The van der Waals surface area contributed by atoms with Crippen LogP contribution in [0.5, 0.6) is 5.75 Å². The van der Waals surface area contributed by atoms with E-state index in [4.69, 9.17) is 9.15 Å². The van der Waals surface area contributed by atoms with Crippen LogP contribution in [0.15, 0.2) is 83.5 Å². The number of pyridine rings is 1. The normalized spacial score (nSPS) is 11.9. The van der Waals surface area contributed by atoms with Crippen molar-refractivity contribution in [1.82, 2.24) is 10.3 Å². The highest BCUT2D eigenvalue weighted by Crippen LogP contribution is 2.22. The minimum absolute atomic E-state index is 0.163. The molecule has 0 saturated heterocycles. The maximum Gasteiger partial charge on any atom is 0.287 e. The van der Waals surface area contributed by atoms with Gasteiger partial charge in [0, 0.05) is 12.4 Å². The van der Waals surface area contributed by atoms with Crippen LogP contribution in [0.3, 0.4) is 0 Å². The average molecular weight is 372 g/mol. The fourth-order valence-corrected chi connectivity index (χ4v) is 2.97. The molecule has 2 aromatic heterocycles. The lowest BCUT2D eigenvalue weighted by molar-refractivity contribution is 0.0907. The number of nitrogens with zero attached hydrogens (tertiary/aromatic N) is 1. The Kier molecular flexibility index (Phi) is 5.06. The zero-order valence-electron chi connectivity index (χ0n) is 15.5. The predicted molar refractivity (Wildman–Crippen MR) is 107 cm³/mol. The largest absolute Gasteiger partial charge is 0.486 e. The number of hydrogen-bond donors (Lipinski definition) is 1. The van der Waals surface area contributed by atoms with Crippen molar-refractivity contribution in [2.75, 3.05) is 0 Å². The van der Waals surface area contributed by atoms with Gasteiger partial charge in [0.15, 0.2) is 5.76 Å². The SMILES string of the molecule is C[C@H](NC(=O)c1ccc(COc2ccc3ccccc3c2)o1)c1cccnc1. The maximum absolute atomic E-state index is 12.4. The number of furan rings is 1. The number of benzene rings is 2. The van der Waals surface area contributed by atoms with Gasteiger partial charge in [0.1, 0.15) is 18.1 Å². The molecule has 0 saturated carbocycles. The molecule has 5 heteroatoms. The number of carbonyl (C=O) groups excluding carboxylic acids is 1. The number of ether oxygens (including phenoxy) is 1. The molecular formula is C23H20N2O3. The third kappa shape index (κ3) is 4.04. The van der Waals surface area contributed by atoms with Gasteiger partial charge in [0.25, 0.3) is 5.91 Å². The zero-order chi connectivity index (χ0) is 19.3. The molecule has 0 bridgehead atoms. The molecule has 4 rings (SSSR count). The van der Waals surface area contributed by atoms with Gasteiger partial charge >= 0.3 is 0 Å². The van der Waals surface area contributed by atoms with Gasteiger partial charge in [-0.1, -0.05) is 36.4 Å². The molecule has 2 heterocycles. The third-order valence-corrected chi connectivity index (χ3v) is 4.52. The lowest BCUT2D eigenvalue weighted by Crippen LogP contribution is -2.26. The Balaban J connectivity index is 1.37. The molecule has 0 spiro atoms. The highest BCUT2D eigenvalue weighted by Gasteiger charge is 2.15. The van der Waals surface area contributed by atoms with E-state index in [-0.39, 0.29) is 24.3 Å². The molecule has 140 valence electrons. The summed E-state index contributed by atoms with van der Waals surface area (Å²) < 4.78 is 11.4. The summed E-state index contributed by atoms with van der Waals surface area (Å²) in [5.41, 5.74) is 0.933. The minimum Gasteiger partial charge on any atom is -0.486 e. The van der Waals surface area contributed by atoms with E-state index in [1.165, 1.54) is 0 Å². The van der Waals surface area contributed by atoms with Crippen molar-refractivity contribution in [3.8, 4) is 5.75 Å². The molecule has 0 aliphatic carbocycles. The fourth-order valence-electron chi connectivity index (χ4n) is 2.97. The standard InChI is InChI=1S/C23H20N2O3/c1-16(19-7-4-12-24-14-19)25-23(26)22-11-10-21(28-22)15-27-20-9-8-17-5-2-3-6-18(17)13-20/h2-14,16H,15H2,1H3,(H,25,26)/t16-/m0/s1. The Bertz CT molecular complexity index is 1090. The van der Waals surface area contributed by atoms with E-state index in [2.05, 4.69) is 16.4 Å². The third-order valence-electron chi connectivity index (χ3n) is 4.52. The molecule has 4 aromatic rings. The van der Waals surface area contributed by atoms with E-state index in [0.29, 0.717) is 5.76 Å². The number of rotatable bonds is 6. The first-order chi connectivity index (χ1) is 13.7. The first kappa shape index (κ1) is 17.8. The van der Waals surface area contributed by atoms with Gasteiger partial charge in [-0.3, -0.25) is 9.78 Å². The van der Waals surface area contributed by atoms with Crippen LogP contribution < -0.4 is 10.1 Å². The lowest BCUT2D eigenvalue weighted by Gasteiger charge is -2.12. The first-order valence-electron chi connectivity index (χ1n) is 9.10. The second kappa shape index (κ2) is 7.96. The van der Waals surface area contributed by atoms with Crippen LogP contribution in [0.4, 0.5) is 0 Å². The molecule has 0 fully saturated rings. The number of aromatic nitrogens is 1. The lowest BCUT2D eigenvalue weighted by atomic mass is 10.1. The fraction of sp³-hybridized carbons (Fsp3) is 0.130. The molecular weight excluding hydrogens is 352 g/mol. The van der Waals surface area contributed by atoms with Gasteiger partial charge in [-0.2, -0.15) is 0 Å². The highest BCUT2D eigenvalue weighted by atomic mass is 16.5. The van der Waals surface area contributed by atoms with Crippen LogP contribution in [-0.2, 0) is 6.61 Å². The Morgan fingerprint density at radius 3 is 2.75 bits per heavy atom. The van der Waals surface area contributed by atoms with Crippen molar-refractivity contribution in [3.05, 3.63) is 96.2 Å². The molecule has 1 amide bonds. The Morgan fingerprint density at radius 1 is 1.07 bits per heavy atom. The molecule has 0 aliphatic heterocycles. The molecule has 5 nitrogen and oxygen atoms in total. The van der Waals surface area contributed by atoms with Crippen molar-refractivity contribution in [2.24, 2.45) is 0 Å². The van der Waals surface area contributed by atoms with Gasteiger partial charge in [-0.25, -0.2) is 0 Å². The Hall–Kier alpha value is -3.60. The minimum atomic E-state index is -0.270. The van der Waals surface area contributed by atoms with Crippen molar-refractivity contribution >= 4 is 16.7 Å². The molecule has 1 N–H and O–H groups in total. The van der Waals surface area contributed by atoms with Gasteiger partial charge < -0.3 is 14.5 Å². The summed E-state index contributed by atoms with van der Waals surface area (Å²) >= 11 is 0. The summed E-state index contributed by atoms with van der Waals surface area (Å²) in [5, 5.41) is 5.18. The summed E-state index contributed by atoms with van der Waals surface area (Å²) in [6.45, 7) is 2.16. The highest BCUT2D eigenvalue weighted by molar-refractivity contribution is 5.91. The van der Waals surface area contributed by atoms with Crippen molar-refractivity contribution in [3.63, 3.8) is 0 Å². The summed E-state index contributed by atoms with van der Waals surface area (Å²) in [6, 6.07) is 21.0. The smallest absolute Gasteiger partial charge is 0.287 e. The van der Waals surface area contributed by atoms with Crippen molar-refractivity contribution < 1.29 is 13.9 Å². The zero-order valence-corrected chi connectivity index (χ0v) is 15.5. The van der Waals surface area contributed by atoms with Gasteiger partial charge in [-0.15, -0.1) is 0 Å². The first-order valence-corrected chi connectivity index (χ1v) is 9.10. The Morgan fingerprint density at radius 2 is 1.93 bits per heavy atom. The number of nitrogens with one attached hydrogen (secondary N) is 1. The number of carbonyl (C=O) groups is 1. The van der Waals surface area contributed by atoms with Gasteiger partial charge in [0.05, 0.1) is 6.04 Å². The molecule has 0 aliphatic rings. The number of amides is 1. The summed E-state index contributed by atoms with van der Waals surface area (Å²) in [7, 11) is 0. The summed E-state index contributed by atoms with van der Waals surface area (Å²) in [6.07, 6.45) is 3.43. The topological polar surface area (TPSA) is 64.4 Å². The Labute approximate surface area is 163 Å². The summed E-state index contributed by atoms with van der Waals surface area (Å²) in [5.74, 6) is 1.33. The maximum atomic E-state index is 12.4. The summed E-state index contributed by atoms with van der Waals surface area (Å²) in [4.78, 5) is 16.5. The van der Waals surface area contributed by atoms with Crippen LogP contribution >= 0.6 is 0 Å². The second-order valence-corrected chi connectivity index (χ2v) is 6.55. The van der Waals surface area contributed by atoms with E-state index in [1.54, 1.807) is 24.5 Å². The number of fused-ring (bicyclic) bond motifs is 1. The van der Waals surface area contributed by atoms with E-state index < -0.39 is 0 Å². The van der Waals surface area contributed by atoms with E-state index in [9.17, 15) is 4.79 Å². The van der Waals surface area contributed by atoms with Crippen LogP contribution in [0.2, 0.25) is 0 Å². The quantitative estimate of drug-likeness (QED) is 0.523. The molecule has 1 atom stereocenters. The van der Waals surface area contributed by atoms with Crippen LogP contribution in [0, 0.1) is 0 Å². The average Bonchev–Trinajstić information content (AvgIpc) is 3.22. The van der Waals surface area contributed by atoms with Gasteiger partial charge in [0.2, 0.25) is 0 Å². The molecule has 2 aromatic carbocycles. The van der Waals surface area contributed by atoms with Crippen LogP contribution in [-0.4, -0.2) is 10.9 Å². The molecule has 0 radical (unpaired) electrons. The van der Waals surface area contributed by atoms with Crippen LogP contribution in [0.25, 0.3) is 10.8 Å². The second-order valence-electron chi connectivity index (χ2n) is 6.55. The number of hydrogen-bond acceptors (Lipinski definition) is 4. The monoisotopic (exact) mass is 372 g/mol. The van der Waals surface area contributed by atoms with Crippen molar-refractivity contribution in [2.45, 2.75) is 19.6 Å². The molecule has 0 unspecified atom stereocenters. The van der Waals surface area contributed by atoms with E-state index in [1.807, 2.05) is 55.5 Å². The van der Waals surface area contributed by atoms with Crippen LogP contribution in [0.1, 0.15) is 34.8 Å². The van der Waals surface area contributed by atoms with E-state index >= 15 is 0 Å². The van der Waals surface area contributed by atoms with E-state index in [0.717, 1.165) is 22.1 Å². The van der Waals surface area contributed by atoms with Crippen molar-refractivity contribution in [1.29, 1.82) is 0 Å². The molecule has 28 heavy (non-hydrogen) atoms. The van der Waals surface area contributed by atoms with Gasteiger partial charge in [-0.05, 0) is 53.6 Å².